The van der Waals surface area contributed by atoms with Crippen LogP contribution in [-0.4, -0.2) is 25.5 Å². The highest BCUT2D eigenvalue weighted by molar-refractivity contribution is 9.10. The summed E-state index contributed by atoms with van der Waals surface area (Å²) < 4.78 is 17.5. The minimum Gasteiger partial charge on any atom is -0.454 e. The van der Waals surface area contributed by atoms with Gasteiger partial charge in [0.1, 0.15) is 0 Å². The molecule has 2 heterocycles. The third-order valence-corrected chi connectivity index (χ3v) is 4.42. The fourth-order valence-corrected chi connectivity index (χ4v) is 2.96. The van der Waals surface area contributed by atoms with Crippen LogP contribution in [0.5, 0.6) is 11.5 Å². The summed E-state index contributed by atoms with van der Waals surface area (Å²) in [5.41, 5.74) is 1.18. The number of halogens is 1. The highest BCUT2D eigenvalue weighted by Crippen LogP contribution is 2.36. The smallest absolute Gasteiger partial charge is 0.231 e. The third kappa shape index (κ3) is 2.88. The summed E-state index contributed by atoms with van der Waals surface area (Å²) in [5, 5.41) is 3.52. The number of nitrogens with one attached hydrogen (secondary N) is 1. The van der Waals surface area contributed by atoms with Gasteiger partial charge in [-0.05, 0) is 37.5 Å². The summed E-state index contributed by atoms with van der Waals surface area (Å²) in [6, 6.07) is 4.36. The van der Waals surface area contributed by atoms with Crippen molar-refractivity contribution < 1.29 is 14.2 Å². The molecule has 1 saturated heterocycles. The number of hydrogen-bond acceptors (Lipinski definition) is 4. The van der Waals surface area contributed by atoms with Crippen molar-refractivity contribution in [1.82, 2.24) is 5.32 Å². The van der Waals surface area contributed by atoms with Crippen molar-refractivity contribution in [1.29, 1.82) is 0 Å². The first kappa shape index (κ1) is 13.2. The summed E-state index contributed by atoms with van der Waals surface area (Å²) in [5.74, 6) is 1.63. The number of benzene rings is 1. The molecule has 2 unspecified atom stereocenters. The van der Waals surface area contributed by atoms with Crippen molar-refractivity contribution in [3.63, 3.8) is 0 Å². The Kier molecular flexibility index (Phi) is 3.96. The molecule has 0 bridgehead atoms. The lowest BCUT2D eigenvalue weighted by molar-refractivity contribution is 0.0832. The second kappa shape index (κ2) is 5.69. The van der Waals surface area contributed by atoms with Gasteiger partial charge in [0.15, 0.2) is 11.5 Å². The van der Waals surface area contributed by atoms with E-state index in [0.29, 0.717) is 18.9 Å². The molecule has 2 atom stereocenters. The maximum Gasteiger partial charge on any atom is 0.231 e. The molecule has 1 fully saturated rings. The van der Waals surface area contributed by atoms with Crippen LogP contribution >= 0.6 is 15.9 Å². The van der Waals surface area contributed by atoms with Gasteiger partial charge in [-0.2, -0.15) is 0 Å². The van der Waals surface area contributed by atoms with Crippen LogP contribution in [0.2, 0.25) is 0 Å². The van der Waals surface area contributed by atoms with Crippen molar-refractivity contribution in [2.75, 3.05) is 13.4 Å². The lowest BCUT2D eigenvalue weighted by atomic mass is 10.1. The Balaban J connectivity index is 1.63. The summed E-state index contributed by atoms with van der Waals surface area (Å²) in [7, 11) is 0. The van der Waals surface area contributed by atoms with Crippen molar-refractivity contribution in [2.45, 2.75) is 38.5 Å². The number of ether oxygens (including phenoxy) is 3. The Morgan fingerprint density at radius 1 is 1.37 bits per heavy atom. The van der Waals surface area contributed by atoms with Crippen LogP contribution in [-0.2, 0) is 11.3 Å². The molecule has 0 spiro atoms. The van der Waals surface area contributed by atoms with E-state index in [4.69, 9.17) is 14.2 Å². The Bertz CT molecular complexity index is 460. The first-order chi connectivity index (χ1) is 9.24. The highest BCUT2D eigenvalue weighted by Gasteiger charge is 2.22. The Morgan fingerprint density at radius 2 is 2.16 bits per heavy atom. The molecule has 2 aliphatic heterocycles. The lowest BCUT2D eigenvalue weighted by Crippen LogP contribution is -2.36. The zero-order chi connectivity index (χ0) is 13.2. The molecule has 1 aromatic rings. The van der Waals surface area contributed by atoms with Crippen LogP contribution in [0.3, 0.4) is 0 Å². The first-order valence-electron chi connectivity index (χ1n) is 6.67. The van der Waals surface area contributed by atoms with Crippen LogP contribution in [0.25, 0.3) is 0 Å². The summed E-state index contributed by atoms with van der Waals surface area (Å²) in [4.78, 5) is 0. The second-order valence-corrected chi connectivity index (χ2v) is 5.87. The van der Waals surface area contributed by atoms with Gasteiger partial charge < -0.3 is 19.5 Å². The summed E-state index contributed by atoms with van der Waals surface area (Å²) >= 11 is 3.58. The van der Waals surface area contributed by atoms with Crippen molar-refractivity contribution in [2.24, 2.45) is 0 Å². The molecule has 104 valence electrons. The van der Waals surface area contributed by atoms with Crippen LogP contribution < -0.4 is 14.8 Å². The lowest BCUT2D eigenvalue weighted by Gasteiger charge is -2.20. The van der Waals surface area contributed by atoms with Gasteiger partial charge in [0.2, 0.25) is 6.79 Å². The molecule has 0 saturated carbocycles. The van der Waals surface area contributed by atoms with Gasteiger partial charge >= 0.3 is 0 Å². The summed E-state index contributed by atoms with van der Waals surface area (Å²) in [6.45, 7) is 4.17. The largest absolute Gasteiger partial charge is 0.454 e. The van der Waals surface area contributed by atoms with E-state index in [1.165, 1.54) is 12.0 Å². The molecule has 2 aliphatic rings. The molecule has 19 heavy (non-hydrogen) atoms. The van der Waals surface area contributed by atoms with Crippen LogP contribution in [0, 0.1) is 0 Å². The van der Waals surface area contributed by atoms with E-state index >= 15 is 0 Å². The molecular weight excluding hydrogens is 310 g/mol. The van der Waals surface area contributed by atoms with E-state index in [-0.39, 0.29) is 0 Å². The number of hydrogen-bond donors (Lipinski definition) is 1. The van der Waals surface area contributed by atoms with E-state index < -0.39 is 0 Å². The predicted octanol–water partition coefficient (Wildman–Crippen LogP) is 2.83. The van der Waals surface area contributed by atoms with E-state index in [9.17, 15) is 0 Å². The summed E-state index contributed by atoms with van der Waals surface area (Å²) in [6.07, 6.45) is 2.66. The molecule has 3 rings (SSSR count). The van der Waals surface area contributed by atoms with Crippen LogP contribution in [0.4, 0.5) is 0 Å². The first-order valence-corrected chi connectivity index (χ1v) is 7.46. The molecule has 4 nitrogen and oxygen atoms in total. The van der Waals surface area contributed by atoms with Gasteiger partial charge in [-0.15, -0.1) is 0 Å². The second-order valence-electron chi connectivity index (χ2n) is 5.02. The van der Waals surface area contributed by atoms with Crippen molar-refractivity contribution >= 4 is 15.9 Å². The topological polar surface area (TPSA) is 39.7 Å². The van der Waals surface area contributed by atoms with E-state index in [2.05, 4.69) is 28.2 Å². The Labute approximate surface area is 121 Å². The van der Waals surface area contributed by atoms with E-state index in [1.54, 1.807) is 0 Å². The van der Waals surface area contributed by atoms with E-state index in [1.807, 2.05) is 12.1 Å². The van der Waals surface area contributed by atoms with Gasteiger partial charge in [0.05, 0.1) is 6.10 Å². The van der Waals surface area contributed by atoms with Crippen LogP contribution in [0.15, 0.2) is 16.6 Å². The fourth-order valence-electron chi connectivity index (χ4n) is 2.49. The minimum atomic E-state index is 0.310. The van der Waals surface area contributed by atoms with Crippen LogP contribution in [0.1, 0.15) is 25.3 Å². The molecule has 0 radical (unpaired) electrons. The van der Waals surface area contributed by atoms with Gasteiger partial charge in [-0.1, -0.05) is 15.9 Å². The molecule has 5 heteroatoms. The van der Waals surface area contributed by atoms with Gasteiger partial charge in [-0.3, -0.25) is 0 Å². The Morgan fingerprint density at radius 3 is 2.89 bits per heavy atom. The minimum absolute atomic E-state index is 0.310. The molecule has 0 aliphatic carbocycles. The predicted molar refractivity (Wildman–Crippen MR) is 75.5 cm³/mol. The monoisotopic (exact) mass is 327 g/mol. The van der Waals surface area contributed by atoms with Crippen molar-refractivity contribution in [3.8, 4) is 11.5 Å². The zero-order valence-electron chi connectivity index (χ0n) is 10.9. The SMILES string of the molecule is CC(NCc1cc2c(cc1Br)OCO2)C1CCCO1. The molecular formula is C14H18BrNO3. The molecule has 0 amide bonds. The Hall–Kier alpha value is -0.780. The van der Waals surface area contributed by atoms with Gasteiger partial charge in [0.25, 0.3) is 0 Å². The third-order valence-electron chi connectivity index (χ3n) is 3.68. The average molecular weight is 328 g/mol. The number of rotatable bonds is 4. The maximum absolute atomic E-state index is 5.69. The van der Waals surface area contributed by atoms with Gasteiger partial charge in [-0.25, -0.2) is 0 Å². The molecule has 1 aromatic carbocycles. The van der Waals surface area contributed by atoms with Gasteiger partial charge in [0, 0.05) is 23.7 Å². The fraction of sp³-hybridized carbons (Fsp3) is 0.571. The average Bonchev–Trinajstić information content (AvgIpc) is 3.06. The molecule has 1 N–H and O–H groups in total. The standard InChI is InChI=1S/C14H18BrNO3/c1-9(12-3-2-4-17-12)16-7-10-5-13-14(6-11(10)15)19-8-18-13/h5-6,9,12,16H,2-4,7-8H2,1H3. The molecule has 0 aromatic heterocycles. The van der Waals surface area contributed by atoms with E-state index in [0.717, 1.165) is 35.5 Å². The zero-order valence-corrected chi connectivity index (χ0v) is 12.5. The maximum atomic E-state index is 5.69. The number of fused-ring (bicyclic) bond motifs is 1. The normalized spacial score (nSPS) is 22.7. The van der Waals surface area contributed by atoms with Crippen molar-refractivity contribution in [3.05, 3.63) is 22.2 Å². The quantitative estimate of drug-likeness (QED) is 0.923. The highest BCUT2D eigenvalue weighted by atomic mass is 79.9.